The Labute approximate surface area is 69.3 Å². The Bertz CT molecular complexity index is 269. The van der Waals surface area contributed by atoms with Gasteiger partial charge in [-0.3, -0.25) is 5.01 Å². The van der Waals surface area contributed by atoms with Gasteiger partial charge in [0.05, 0.1) is 11.9 Å². The van der Waals surface area contributed by atoms with E-state index in [0.29, 0.717) is 5.69 Å². The van der Waals surface area contributed by atoms with Crippen molar-refractivity contribution in [1.29, 1.82) is 0 Å². The van der Waals surface area contributed by atoms with Crippen molar-refractivity contribution in [1.82, 2.24) is 4.98 Å². The second kappa shape index (κ2) is 3.68. The van der Waals surface area contributed by atoms with Crippen molar-refractivity contribution in [3.8, 4) is 0 Å². The van der Waals surface area contributed by atoms with Gasteiger partial charge in [-0.2, -0.15) is 4.39 Å². The molecule has 5 heteroatoms. The molecule has 0 bridgehead atoms. The number of nitrogens with two attached hydrogens (primary N) is 2. The Morgan fingerprint density at radius 2 is 2.25 bits per heavy atom. The molecule has 1 aromatic heterocycles. The SMILES string of the molecule is N/C=C\N(N)c1ccc(F)nc1. The molecule has 12 heavy (non-hydrogen) atoms. The third-order valence-electron chi connectivity index (χ3n) is 1.26. The van der Waals surface area contributed by atoms with Crippen molar-refractivity contribution in [2.75, 3.05) is 5.01 Å². The van der Waals surface area contributed by atoms with Crippen LogP contribution < -0.4 is 16.6 Å². The number of pyridine rings is 1. The lowest BCUT2D eigenvalue weighted by atomic mass is 10.4. The first kappa shape index (κ1) is 8.48. The van der Waals surface area contributed by atoms with Gasteiger partial charge in [0.1, 0.15) is 0 Å². The van der Waals surface area contributed by atoms with Crippen LogP contribution >= 0.6 is 0 Å². The molecule has 4 N–H and O–H groups in total. The van der Waals surface area contributed by atoms with E-state index in [1.807, 2.05) is 0 Å². The summed E-state index contributed by atoms with van der Waals surface area (Å²) < 4.78 is 12.3. The number of hydrazine groups is 1. The molecule has 0 aromatic carbocycles. The van der Waals surface area contributed by atoms with Crippen molar-refractivity contribution >= 4 is 5.69 Å². The normalized spacial score (nSPS) is 10.5. The standard InChI is InChI=1S/C7H9FN4/c8-7-2-1-6(5-11-7)12(10)4-3-9/h1-5H,9-10H2/b4-3-. The highest BCUT2D eigenvalue weighted by Crippen LogP contribution is 2.08. The minimum absolute atomic E-state index is 0.538. The number of halogens is 1. The van der Waals surface area contributed by atoms with Crippen LogP contribution in [-0.2, 0) is 0 Å². The van der Waals surface area contributed by atoms with E-state index in [1.54, 1.807) is 0 Å². The molecular weight excluding hydrogens is 159 g/mol. The quantitative estimate of drug-likeness (QED) is 0.379. The summed E-state index contributed by atoms with van der Waals surface area (Å²) in [7, 11) is 0. The molecule has 4 nitrogen and oxygen atoms in total. The zero-order chi connectivity index (χ0) is 8.97. The summed E-state index contributed by atoms with van der Waals surface area (Å²) in [6.07, 6.45) is 4.04. The van der Waals surface area contributed by atoms with Crippen molar-refractivity contribution in [2.24, 2.45) is 11.6 Å². The van der Waals surface area contributed by atoms with E-state index in [1.165, 1.54) is 35.7 Å². The molecule has 64 valence electrons. The first-order valence-electron chi connectivity index (χ1n) is 3.28. The summed E-state index contributed by atoms with van der Waals surface area (Å²) in [5.74, 6) is 4.92. The van der Waals surface area contributed by atoms with Crippen molar-refractivity contribution < 1.29 is 4.39 Å². The van der Waals surface area contributed by atoms with Gasteiger partial charge in [0.25, 0.3) is 0 Å². The fraction of sp³-hybridized carbons (Fsp3) is 0. The molecule has 1 aromatic rings. The van der Waals surface area contributed by atoms with Gasteiger partial charge in [0.2, 0.25) is 5.95 Å². The highest BCUT2D eigenvalue weighted by molar-refractivity contribution is 5.44. The summed E-state index contributed by atoms with van der Waals surface area (Å²) >= 11 is 0. The number of nitrogens with zero attached hydrogens (tertiary/aromatic N) is 2. The zero-order valence-corrected chi connectivity index (χ0v) is 6.31. The molecule has 0 atom stereocenters. The number of hydrogen-bond donors (Lipinski definition) is 2. The molecule has 0 aliphatic heterocycles. The second-order valence-electron chi connectivity index (χ2n) is 2.09. The lowest BCUT2D eigenvalue weighted by Gasteiger charge is -2.11. The molecule has 1 rings (SSSR count). The molecule has 1 heterocycles. The lowest BCUT2D eigenvalue weighted by Crippen LogP contribution is -2.24. The van der Waals surface area contributed by atoms with E-state index >= 15 is 0 Å². The van der Waals surface area contributed by atoms with Crippen molar-refractivity contribution in [3.63, 3.8) is 0 Å². The van der Waals surface area contributed by atoms with E-state index in [0.717, 1.165) is 0 Å². The Morgan fingerprint density at radius 3 is 2.75 bits per heavy atom. The fourth-order valence-electron chi connectivity index (χ4n) is 0.700. The molecular formula is C7H9FN4. The molecule has 0 aliphatic rings. The van der Waals surface area contributed by atoms with Crippen LogP contribution in [0.4, 0.5) is 10.1 Å². The highest BCUT2D eigenvalue weighted by Gasteiger charge is 1.97. The fourth-order valence-corrected chi connectivity index (χ4v) is 0.700. The average Bonchev–Trinajstić information content (AvgIpc) is 2.06. The third-order valence-corrected chi connectivity index (χ3v) is 1.26. The Hall–Kier alpha value is -1.62. The minimum atomic E-state index is -0.538. The summed E-state index contributed by atoms with van der Waals surface area (Å²) in [6, 6.07) is 2.72. The van der Waals surface area contributed by atoms with Crippen LogP contribution in [0.5, 0.6) is 0 Å². The number of rotatable bonds is 2. The second-order valence-corrected chi connectivity index (χ2v) is 2.09. The van der Waals surface area contributed by atoms with Crippen LogP contribution in [0, 0.1) is 5.95 Å². The summed E-state index contributed by atoms with van der Waals surface area (Å²) in [6.45, 7) is 0. The van der Waals surface area contributed by atoms with Crippen LogP contribution in [0.2, 0.25) is 0 Å². The van der Waals surface area contributed by atoms with Gasteiger partial charge in [-0.05, 0) is 12.1 Å². The van der Waals surface area contributed by atoms with E-state index < -0.39 is 5.95 Å². The van der Waals surface area contributed by atoms with Crippen molar-refractivity contribution in [3.05, 3.63) is 36.7 Å². The maximum absolute atomic E-state index is 12.3. The largest absolute Gasteiger partial charge is 0.403 e. The smallest absolute Gasteiger partial charge is 0.212 e. The van der Waals surface area contributed by atoms with Gasteiger partial charge >= 0.3 is 0 Å². The molecule has 0 spiro atoms. The Balaban J connectivity index is 2.82. The molecule has 0 aliphatic carbocycles. The number of hydrogen-bond acceptors (Lipinski definition) is 4. The summed E-state index contributed by atoms with van der Waals surface area (Å²) in [4.78, 5) is 3.42. The summed E-state index contributed by atoms with van der Waals surface area (Å²) in [5.41, 5.74) is 5.67. The zero-order valence-electron chi connectivity index (χ0n) is 6.31. The van der Waals surface area contributed by atoms with Gasteiger partial charge in [-0.15, -0.1) is 0 Å². The maximum Gasteiger partial charge on any atom is 0.212 e. The topological polar surface area (TPSA) is 68.2 Å². The monoisotopic (exact) mass is 168 g/mol. The van der Waals surface area contributed by atoms with Gasteiger partial charge in [-0.1, -0.05) is 0 Å². The van der Waals surface area contributed by atoms with Crippen molar-refractivity contribution in [2.45, 2.75) is 0 Å². The maximum atomic E-state index is 12.3. The van der Waals surface area contributed by atoms with Gasteiger partial charge in [0.15, 0.2) is 0 Å². The van der Waals surface area contributed by atoms with Crippen LogP contribution in [-0.4, -0.2) is 4.98 Å². The summed E-state index contributed by atoms with van der Waals surface area (Å²) in [5, 5.41) is 1.24. The number of anilines is 1. The third kappa shape index (κ3) is 1.93. The molecule has 0 radical (unpaired) electrons. The Morgan fingerprint density at radius 1 is 1.50 bits per heavy atom. The first-order chi connectivity index (χ1) is 5.74. The average molecular weight is 168 g/mol. The molecule has 0 fully saturated rings. The van der Waals surface area contributed by atoms with Gasteiger partial charge in [-0.25, -0.2) is 10.8 Å². The van der Waals surface area contributed by atoms with Gasteiger partial charge in [0, 0.05) is 12.4 Å². The van der Waals surface area contributed by atoms with Crippen LogP contribution in [0.15, 0.2) is 30.7 Å². The van der Waals surface area contributed by atoms with Crippen LogP contribution in [0.3, 0.4) is 0 Å². The van der Waals surface area contributed by atoms with Crippen LogP contribution in [0.25, 0.3) is 0 Å². The van der Waals surface area contributed by atoms with E-state index in [4.69, 9.17) is 11.6 Å². The lowest BCUT2D eigenvalue weighted by molar-refractivity contribution is 0.583. The molecule has 0 unspecified atom stereocenters. The van der Waals surface area contributed by atoms with E-state index in [2.05, 4.69) is 4.98 Å². The number of aromatic nitrogens is 1. The Kier molecular flexibility index (Phi) is 2.60. The van der Waals surface area contributed by atoms with Crippen LogP contribution in [0.1, 0.15) is 0 Å². The van der Waals surface area contributed by atoms with Gasteiger partial charge < -0.3 is 5.73 Å². The molecule has 0 amide bonds. The molecule has 0 saturated carbocycles. The highest BCUT2D eigenvalue weighted by atomic mass is 19.1. The predicted octanol–water partition coefficient (Wildman–Crippen LogP) is 0.331. The minimum Gasteiger partial charge on any atom is -0.403 e. The van der Waals surface area contributed by atoms with E-state index in [-0.39, 0.29) is 0 Å². The first-order valence-corrected chi connectivity index (χ1v) is 3.28. The van der Waals surface area contributed by atoms with E-state index in [9.17, 15) is 4.39 Å². The predicted molar refractivity (Wildman–Crippen MR) is 44.2 cm³/mol. The molecule has 0 saturated heterocycles.